The van der Waals surface area contributed by atoms with E-state index in [9.17, 15) is 0 Å². The molecular weight excluding hydrogens is 1090 g/mol. The smallest absolute Gasteiger partial charge is 0.238 e. The van der Waals surface area contributed by atoms with E-state index in [1.54, 1.807) is 105 Å². The van der Waals surface area contributed by atoms with Crippen LogP contribution in [0.1, 0.15) is 37.1 Å². The molecule has 0 amide bonds. The molecule has 12 rings (SSSR count). The van der Waals surface area contributed by atoms with Crippen LogP contribution in [0.4, 0.5) is 5.95 Å². The van der Waals surface area contributed by atoms with E-state index in [0.29, 0.717) is 77.1 Å². The zero-order chi connectivity index (χ0) is 56.5. The van der Waals surface area contributed by atoms with Gasteiger partial charge in [-0.2, -0.15) is 15.0 Å². The first-order chi connectivity index (χ1) is 39.8. The van der Waals surface area contributed by atoms with Crippen LogP contribution in [0.5, 0.6) is 46.4 Å². The molecule has 0 atom stereocenters. The van der Waals surface area contributed by atoms with E-state index in [1.165, 1.54) is 0 Å². The predicted octanol–water partition coefficient (Wildman–Crippen LogP) is 13.0. The second-order valence-corrected chi connectivity index (χ2v) is 17.2. The lowest BCUT2D eigenvalue weighted by Crippen LogP contribution is -2.37. The minimum atomic E-state index is 0. The number of anilines is 1. The Morgan fingerprint density at radius 2 is 0.884 bits per heavy atom. The van der Waals surface area contributed by atoms with E-state index >= 15 is 0 Å². The summed E-state index contributed by atoms with van der Waals surface area (Å²) in [5, 5.41) is 2.47. The lowest BCUT2D eigenvalue weighted by molar-refractivity contribution is 0.122. The number of para-hydroxylation sites is 1. The van der Waals surface area contributed by atoms with E-state index in [4.69, 9.17) is 42.6 Å². The molecule has 8 heterocycles. The minimum absolute atomic E-state index is 0. The third-order valence-electron chi connectivity index (χ3n) is 12.4. The molecule has 0 aliphatic carbocycles. The Hall–Kier alpha value is -10.3. The summed E-state index contributed by atoms with van der Waals surface area (Å²) in [6, 6.07) is 40.2. The number of aromatic nitrogens is 11. The second-order valence-electron chi connectivity index (χ2n) is 17.2. The Bertz CT molecular complexity index is 3770. The standard InChI is InChI=1S/C16H13N3O.C15H19N3O4.C15H12N2O.C14H14N4O3.5CH4/c1-20-12-10-15(13-6-2-4-8-17-13)19-16(11-12)14-7-3-5-9-18-14;1-19-12-8-10-11(9-13(12)20-2)16-15(17-14(10)21-3)18-4-6-22-7-5-18;1-18-15-12-9-5-6-10-13(12)16-14(17-15)11-7-3-2-4-8-11;1-19-11-6-9-10(7-12(11)20-2)16-14(17-13(9)21-3)18-5-4-15-8-18;;;;;/h2-11H,1H3;8-9H,4-7H2,1-3H3;2-10H,1H3;4-8H,1-3H3;5*1H4. The van der Waals surface area contributed by atoms with E-state index < -0.39 is 0 Å². The number of hydrogen-bond donors (Lipinski definition) is 0. The minimum Gasteiger partial charge on any atom is -0.497 e. The molecule has 0 radical (unpaired) electrons. The molecular formula is C65H78N12O9. The molecule has 1 aliphatic heterocycles. The van der Waals surface area contributed by atoms with Crippen LogP contribution in [-0.2, 0) is 4.74 Å². The summed E-state index contributed by atoms with van der Waals surface area (Å²) < 4.78 is 49.8. The summed E-state index contributed by atoms with van der Waals surface area (Å²) in [4.78, 5) is 46.4. The number of fused-ring (bicyclic) bond motifs is 3. The maximum atomic E-state index is 5.43. The number of imidazole rings is 1. The maximum Gasteiger partial charge on any atom is 0.238 e. The number of pyridine rings is 3. The van der Waals surface area contributed by atoms with Crippen molar-refractivity contribution in [2.75, 3.05) is 88.1 Å². The van der Waals surface area contributed by atoms with Gasteiger partial charge in [0.25, 0.3) is 0 Å². The summed E-state index contributed by atoms with van der Waals surface area (Å²) >= 11 is 0. The van der Waals surface area contributed by atoms with Crippen LogP contribution >= 0.6 is 0 Å². The molecule has 1 aliphatic rings. The molecule has 21 heteroatoms. The highest BCUT2D eigenvalue weighted by Gasteiger charge is 2.20. The number of benzene rings is 4. The number of rotatable bonds is 13. The highest BCUT2D eigenvalue weighted by molar-refractivity contribution is 5.89. The first-order valence-corrected chi connectivity index (χ1v) is 25.3. The summed E-state index contributed by atoms with van der Waals surface area (Å²) in [6.07, 6.45) is 8.55. The lowest BCUT2D eigenvalue weighted by atomic mass is 10.2. The molecule has 1 fully saturated rings. The molecule has 0 N–H and O–H groups in total. The van der Waals surface area contributed by atoms with Gasteiger partial charge in [0, 0.05) is 67.7 Å². The van der Waals surface area contributed by atoms with Crippen molar-refractivity contribution >= 4 is 38.7 Å². The van der Waals surface area contributed by atoms with Crippen LogP contribution in [0.2, 0.25) is 0 Å². The first-order valence-electron chi connectivity index (χ1n) is 25.3. The van der Waals surface area contributed by atoms with Gasteiger partial charge in [-0.15, -0.1) is 0 Å². The van der Waals surface area contributed by atoms with Gasteiger partial charge in [0.1, 0.15) is 12.1 Å². The number of nitrogens with zero attached hydrogens (tertiary/aromatic N) is 12. The Balaban J connectivity index is 0.000000241. The van der Waals surface area contributed by atoms with Crippen LogP contribution < -0.4 is 42.8 Å². The first kappa shape index (κ1) is 68.2. The zero-order valence-corrected chi connectivity index (χ0v) is 45.9. The third kappa shape index (κ3) is 16.1. The van der Waals surface area contributed by atoms with Crippen molar-refractivity contribution < 1.29 is 42.6 Å². The fraction of sp³-hybridized carbons (Fsp3) is 0.262. The molecule has 452 valence electrons. The van der Waals surface area contributed by atoms with E-state index in [2.05, 4.69) is 54.7 Å². The van der Waals surface area contributed by atoms with Crippen LogP contribution in [-0.4, -0.2) is 138 Å². The summed E-state index contributed by atoms with van der Waals surface area (Å²) in [5.74, 6) is 6.58. The third-order valence-corrected chi connectivity index (χ3v) is 12.4. The summed E-state index contributed by atoms with van der Waals surface area (Å²) in [7, 11) is 12.8. The fourth-order valence-electron chi connectivity index (χ4n) is 8.37. The number of methoxy groups -OCH3 is 8. The molecule has 7 aromatic heterocycles. The summed E-state index contributed by atoms with van der Waals surface area (Å²) in [5.41, 5.74) is 6.49. The van der Waals surface area contributed by atoms with Crippen molar-refractivity contribution in [1.29, 1.82) is 0 Å². The van der Waals surface area contributed by atoms with E-state index in [-0.39, 0.29) is 37.1 Å². The summed E-state index contributed by atoms with van der Waals surface area (Å²) in [6.45, 7) is 2.88. The van der Waals surface area contributed by atoms with Crippen molar-refractivity contribution in [3.05, 3.63) is 159 Å². The van der Waals surface area contributed by atoms with Gasteiger partial charge in [-0.3, -0.25) is 14.5 Å². The van der Waals surface area contributed by atoms with Crippen LogP contribution in [0.3, 0.4) is 0 Å². The van der Waals surface area contributed by atoms with Crippen molar-refractivity contribution in [3.8, 4) is 86.5 Å². The zero-order valence-electron chi connectivity index (χ0n) is 45.9. The average Bonchev–Trinajstić information content (AvgIpc) is 2.65. The van der Waals surface area contributed by atoms with Crippen molar-refractivity contribution in [1.82, 2.24) is 54.4 Å². The van der Waals surface area contributed by atoms with Gasteiger partial charge in [-0.05, 0) is 48.5 Å². The molecule has 0 bridgehead atoms. The van der Waals surface area contributed by atoms with Gasteiger partial charge >= 0.3 is 0 Å². The van der Waals surface area contributed by atoms with Gasteiger partial charge in [-0.25, -0.2) is 24.9 Å². The molecule has 0 spiro atoms. The molecule has 4 aromatic carbocycles. The van der Waals surface area contributed by atoms with Gasteiger partial charge in [-0.1, -0.05) is 91.7 Å². The van der Waals surface area contributed by atoms with Gasteiger partial charge in [0.05, 0.1) is 126 Å². The average molecular weight is 1170 g/mol. The van der Waals surface area contributed by atoms with Crippen LogP contribution in [0.15, 0.2) is 159 Å². The molecule has 11 aromatic rings. The van der Waals surface area contributed by atoms with Gasteiger partial charge in [0.2, 0.25) is 29.5 Å². The highest BCUT2D eigenvalue weighted by Crippen LogP contribution is 2.37. The number of morpholine rings is 1. The molecule has 0 saturated carbocycles. The van der Waals surface area contributed by atoms with Gasteiger partial charge in [0.15, 0.2) is 28.8 Å². The highest BCUT2D eigenvalue weighted by atomic mass is 16.5. The fourth-order valence-corrected chi connectivity index (χ4v) is 8.37. The molecule has 0 unspecified atom stereocenters. The predicted molar refractivity (Wildman–Crippen MR) is 341 cm³/mol. The largest absolute Gasteiger partial charge is 0.497 e. The Morgan fingerprint density at radius 3 is 1.37 bits per heavy atom. The van der Waals surface area contributed by atoms with Crippen molar-refractivity contribution in [2.24, 2.45) is 0 Å². The quantitative estimate of drug-likeness (QED) is 0.105. The number of hydrogen-bond acceptors (Lipinski definition) is 20. The Morgan fingerprint density at radius 1 is 0.395 bits per heavy atom. The van der Waals surface area contributed by atoms with Gasteiger partial charge < -0.3 is 47.5 Å². The Kier molecular flexibility index (Phi) is 26.3. The lowest BCUT2D eigenvalue weighted by Gasteiger charge is -2.27. The van der Waals surface area contributed by atoms with Crippen LogP contribution in [0.25, 0.3) is 72.8 Å². The van der Waals surface area contributed by atoms with Crippen molar-refractivity contribution in [3.63, 3.8) is 0 Å². The molecule has 21 nitrogen and oxygen atoms in total. The normalized spacial score (nSPS) is 11.0. The van der Waals surface area contributed by atoms with Crippen LogP contribution in [0, 0.1) is 0 Å². The number of ether oxygens (including phenoxy) is 9. The SMILES string of the molecule is C.C.C.C.C.COc1cc(-c2ccccn2)nc(-c2ccccn2)c1.COc1cc2nc(-n3ccnc3)nc(OC)c2cc1OC.COc1cc2nc(N3CCOCC3)nc(OC)c2cc1OC.COc1nc(-c2ccccc2)nc2ccccc12. The van der Waals surface area contributed by atoms with E-state index in [0.717, 1.165) is 74.4 Å². The second kappa shape index (κ2) is 33.1. The van der Waals surface area contributed by atoms with Crippen molar-refractivity contribution in [2.45, 2.75) is 37.1 Å². The molecule has 1 saturated heterocycles. The maximum absolute atomic E-state index is 5.43. The molecule has 86 heavy (non-hydrogen) atoms. The van der Waals surface area contributed by atoms with E-state index in [1.807, 2.05) is 115 Å². The topological polar surface area (TPSA) is 220 Å². The monoisotopic (exact) mass is 1170 g/mol. The Labute approximate surface area is 504 Å².